The Bertz CT molecular complexity index is 1140. The zero-order chi connectivity index (χ0) is 19.8. The number of piperazine rings is 1. The van der Waals surface area contributed by atoms with Crippen molar-refractivity contribution in [2.24, 2.45) is 0 Å². The predicted molar refractivity (Wildman–Crippen MR) is 109 cm³/mol. The largest absolute Gasteiger partial charge is 0.494 e. The van der Waals surface area contributed by atoms with Crippen LogP contribution in [0.2, 0.25) is 0 Å². The lowest BCUT2D eigenvalue weighted by Crippen LogP contribution is -2.46. The van der Waals surface area contributed by atoms with Crippen LogP contribution in [0.5, 0.6) is 5.75 Å². The molecule has 0 N–H and O–H groups in total. The van der Waals surface area contributed by atoms with Gasteiger partial charge in [-0.05, 0) is 18.2 Å². The molecule has 0 atom stereocenters. The minimum Gasteiger partial charge on any atom is -0.494 e. The first kappa shape index (κ1) is 17.8. The molecule has 4 aromatic rings. The van der Waals surface area contributed by atoms with Crippen LogP contribution in [-0.4, -0.2) is 57.5 Å². The minimum absolute atomic E-state index is 0.207. The van der Waals surface area contributed by atoms with Crippen molar-refractivity contribution in [2.45, 2.75) is 6.54 Å². The summed E-state index contributed by atoms with van der Waals surface area (Å²) in [7, 11) is 1.46. The van der Waals surface area contributed by atoms with Crippen LogP contribution in [-0.2, 0) is 6.54 Å². The maximum Gasteiger partial charge on any atom is 0.167 e. The number of hydrogen-bond acceptors (Lipinski definition) is 6. The van der Waals surface area contributed by atoms with E-state index in [1.807, 2.05) is 28.8 Å². The first-order valence-electron chi connectivity index (χ1n) is 9.59. The van der Waals surface area contributed by atoms with Crippen molar-refractivity contribution in [3.8, 4) is 5.75 Å². The normalized spacial score (nSPS) is 15.3. The zero-order valence-corrected chi connectivity index (χ0v) is 16.1. The van der Waals surface area contributed by atoms with Crippen LogP contribution in [0.1, 0.15) is 5.69 Å². The lowest BCUT2D eigenvalue weighted by atomic mass is 10.2. The molecule has 0 aliphatic carbocycles. The summed E-state index contributed by atoms with van der Waals surface area (Å²) >= 11 is 0. The molecule has 1 saturated heterocycles. The van der Waals surface area contributed by atoms with E-state index < -0.39 is 5.82 Å². The van der Waals surface area contributed by atoms with E-state index in [9.17, 15) is 4.39 Å². The average molecular weight is 392 g/mol. The Morgan fingerprint density at radius 2 is 1.97 bits per heavy atom. The van der Waals surface area contributed by atoms with Crippen molar-refractivity contribution < 1.29 is 9.13 Å². The number of anilines is 1. The summed E-state index contributed by atoms with van der Waals surface area (Å²) in [6.45, 7) is 4.28. The van der Waals surface area contributed by atoms with Crippen molar-refractivity contribution in [2.75, 3.05) is 38.2 Å². The molecule has 0 saturated carbocycles. The Kier molecular flexibility index (Phi) is 4.48. The number of benzene rings is 1. The third-order valence-corrected chi connectivity index (χ3v) is 5.36. The van der Waals surface area contributed by atoms with Gasteiger partial charge in [0.05, 0.1) is 18.3 Å². The van der Waals surface area contributed by atoms with E-state index in [1.54, 1.807) is 6.07 Å². The maximum absolute atomic E-state index is 14.0. The highest BCUT2D eigenvalue weighted by Gasteiger charge is 2.21. The highest BCUT2D eigenvalue weighted by atomic mass is 19.1. The van der Waals surface area contributed by atoms with Crippen molar-refractivity contribution in [3.05, 3.63) is 60.6 Å². The molecule has 0 amide bonds. The summed E-state index contributed by atoms with van der Waals surface area (Å²) in [6.07, 6.45) is 5.59. The van der Waals surface area contributed by atoms with E-state index in [0.717, 1.165) is 55.3 Å². The van der Waals surface area contributed by atoms with Crippen molar-refractivity contribution in [3.63, 3.8) is 0 Å². The fourth-order valence-corrected chi connectivity index (χ4v) is 3.86. The molecule has 0 spiro atoms. The van der Waals surface area contributed by atoms with Crippen LogP contribution in [0, 0.1) is 5.82 Å². The van der Waals surface area contributed by atoms with Gasteiger partial charge < -0.3 is 14.0 Å². The lowest BCUT2D eigenvalue weighted by molar-refractivity contribution is 0.247. The summed E-state index contributed by atoms with van der Waals surface area (Å²) in [5.74, 6) is 0.613. The molecule has 0 radical (unpaired) electrons. The minimum atomic E-state index is -0.415. The Morgan fingerprint density at radius 1 is 1.10 bits per heavy atom. The number of nitrogens with zero attached hydrogens (tertiary/aromatic N) is 6. The summed E-state index contributed by atoms with van der Waals surface area (Å²) in [4.78, 5) is 18.0. The molecule has 8 heteroatoms. The monoisotopic (exact) mass is 392 g/mol. The Morgan fingerprint density at radius 3 is 2.76 bits per heavy atom. The predicted octanol–water partition coefficient (Wildman–Crippen LogP) is 2.75. The molecule has 3 aromatic heterocycles. The summed E-state index contributed by atoms with van der Waals surface area (Å²) in [5.41, 5.74) is 2.62. The van der Waals surface area contributed by atoms with Crippen LogP contribution in [0.25, 0.3) is 16.6 Å². The number of methoxy groups -OCH3 is 1. The van der Waals surface area contributed by atoms with Gasteiger partial charge in [-0.25, -0.2) is 19.3 Å². The molecule has 148 valence electrons. The average Bonchev–Trinajstić information content (AvgIpc) is 3.15. The van der Waals surface area contributed by atoms with Crippen molar-refractivity contribution in [1.82, 2.24) is 24.3 Å². The molecule has 1 fully saturated rings. The number of aromatic nitrogens is 4. The molecule has 4 heterocycles. The second-order valence-corrected chi connectivity index (χ2v) is 7.16. The van der Waals surface area contributed by atoms with E-state index >= 15 is 0 Å². The van der Waals surface area contributed by atoms with Crippen LogP contribution in [0.15, 0.2) is 49.1 Å². The molecular formula is C21H21FN6O. The van der Waals surface area contributed by atoms with Gasteiger partial charge in [0.15, 0.2) is 11.6 Å². The van der Waals surface area contributed by atoms with Crippen LogP contribution in [0.4, 0.5) is 10.2 Å². The molecule has 1 aliphatic rings. The third-order valence-electron chi connectivity index (χ3n) is 5.36. The van der Waals surface area contributed by atoms with Gasteiger partial charge in [0.2, 0.25) is 0 Å². The second kappa shape index (κ2) is 7.29. The first-order valence-corrected chi connectivity index (χ1v) is 9.59. The first-order chi connectivity index (χ1) is 14.2. The number of imidazole rings is 1. The van der Waals surface area contributed by atoms with Crippen molar-refractivity contribution in [1.29, 1.82) is 0 Å². The van der Waals surface area contributed by atoms with Gasteiger partial charge in [-0.1, -0.05) is 6.07 Å². The molecule has 1 aromatic carbocycles. The molecular weight excluding hydrogens is 371 g/mol. The SMILES string of the molecule is COc1cc2c(N3CCN(Cc4cn5ccccc5n4)CC3)ncnc2cc1F. The summed E-state index contributed by atoms with van der Waals surface area (Å²) in [5, 5.41) is 0.805. The number of halogens is 1. The van der Waals surface area contributed by atoms with Gasteiger partial charge in [0.1, 0.15) is 17.8 Å². The van der Waals surface area contributed by atoms with Crippen LogP contribution < -0.4 is 9.64 Å². The summed E-state index contributed by atoms with van der Waals surface area (Å²) in [6, 6.07) is 9.10. The highest BCUT2D eigenvalue weighted by molar-refractivity contribution is 5.90. The van der Waals surface area contributed by atoms with E-state index in [4.69, 9.17) is 4.74 Å². The van der Waals surface area contributed by atoms with Gasteiger partial charge in [0.25, 0.3) is 0 Å². The van der Waals surface area contributed by atoms with E-state index in [0.29, 0.717) is 5.52 Å². The standard InChI is InChI=1S/C21H21FN6O/c1-29-19-10-16-18(11-17(19)22)23-14-24-21(16)27-8-6-26(7-9-27)12-15-13-28-5-3-2-4-20(28)25-15/h2-5,10-11,13-14H,6-9,12H2,1H3. The van der Waals surface area contributed by atoms with Gasteiger partial charge in [-0.15, -0.1) is 0 Å². The molecule has 0 bridgehead atoms. The topological polar surface area (TPSA) is 58.8 Å². The Labute approximate surface area is 167 Å². The number of rotatable bonds is 4. The smallest absolute Gasteiger partial charge is 0.167 e. The molecule has 1 aliphatic heterocycles. The molecule has 5 rings (SSSR count). The van der Waals surface area contributed by atoms with E-state index in [2.05, 4.69) is 30.9 Å². The fraction of sp³-hybridized carbons (Fsp3) is 0.286. The fourth-order valence-electron chi connectivity index (χ4n) is 3.86. The van der Waals surface area contributed by atoms with Crippen molar-refractivity contribution >= 4 is 22.4 Å². The Hall–Kier alpha value is -3.26. The molecule has 29 heavy (non-hydrogen) atoms. The highest BCUT2D eigenvalue weighted by Crippen LogP contribution is 2.29. The number of fused-ring (bicyclic) bond motifs is 2. The Balaban J connectivity index is 1.32. The second-order valence-electron chi connectivity index (χ2n) is 7.16. The van der Waals surface area contributed by atoms with Gasteiger partial charge in [-0.2, -0.15) is 0 Å². The van der Waals surface area contributed by atoms with Gasteiger partial charge in [0, 0.05) is 56.6 Å². The van der Waals surface area contributed by atoms with Gasteiger partial charge >= 0.3 is 0 Å². The third kappa shape index (κ3) is 3.36. The molecule has 0 unspecified atom stereocenters. The number of pyridine rings is 1. The quantitative estimate of drug-likeness (QED) is 0.532. The van der Waals surface area contributed by atoms with E-state index in [-0.39, 0.29) is 5.75 Å². The van der Waals surface area contributed by atoms with Crippen LogP contribution in [0.3, 0.4) is 0 Å². The summed E-state index contributed by atoms with van der Waals surface area (Å²) < 4.78 is 21.2. The maximum atomic E-state index is 14.0. The number of ether oxygens (including phenoxy) is 1. The lowest BCUT2D eigenvalue weighted by Gasteiger charge is -2.35. The molecule has 7 nitrogen and oxygen atoms in total. The van der Waals surface area contributed by atoms with Crippen LogP contribution >= 0.6 is 0 Å². The van der Waals surface area contributed by atoms with E-state index in [1.165, 1.54) is 19.5 Å². The van der Waals surface area contributed by atoms with Gasteiger partial charge in [-0.3, -0.25) is 4.90 Å². The number of hydrogen-bond donors (Lipinski definition) is 0. The zero-order valence-electron chi connectivity index (χ0n) is 16.1.